The third-order valence-corrected chi connectivity index (χ3v) is 1.80. The Morgan fingerprint density at radius 1 is 1.60 bits per heavy atom. The van der Waals surface area contributed by atoms with E-state index in [1.54, 1.807) is 0 Å². The lowest BCUT2D eigenvalue weighted by atomic mass is 9.86. The fraction of sp³-hybridized carbons (Fsp3) is 0.857. The van der Waals surface area contributed by atoms with Crippen molar-refractivity contribution in [3.63, 3.8) is 0 Å². The Balaban J connectivity index is 1.89. The van der Waals surface area contributed by atoms with Crippen LogP contribution in [0.3, 0.4) is 0 Å². The quantitative estimate of drug-likeness (QED) is 0.637. The third-order valence-electron chi connectivity index (χ3n) is 1.80. The Kier molecular flexibility index (Phi) is 2.68. The zero-order chi connectivity index (χ0) is 7.40. The van der Waals surface area contributed by atoms with Gasteiger partial charge in [0, 0.05) is 0 Å². The number of carboxylic acid groups (broad SMARTS) is 1. The molecule has 1 aliphatic rings. The van der Waals surface area contributed by atoms with Gasteiger partial charge in [-0.15, -0.1) is 0 Å². The molecule has 0 aliphatic heterocycles. The number of carbonyl (C=O) groups is 1. The number of ether oxygens (including phenoxy) is 1. The highest BCUT2D eigenvalue weighted by Gasteiger charge is 2.17. The van der Waals surface area contributed by atoms with Crippen LogP contribution in [0.4, 0.5) is 0 Å². The van der Waals surface area contributed by atoms with Crippen molar-refractivity contribution in [3.8, 4) is 0 Å². The monoisotopic (exact) mass is 144 g/mol. The summed E-state index contributed by atoms with van der Waals surface area (Å²) in [6.45, 7) is 0.489. The highest BCUT2D eigenvalue weighted by atomic mass is 16.5. The van der Waals surface area contributed by atoms with Crippen molar-refractivity contribution in [2.24, 2.45) is 5.92 Å². The predicted molar refractivity (Wildman–Crippen MR) is 35.8 cm³/mol. The van der Waals surface area contributed by atoms with Crippen molar-refractivity contribution in [3.05, 3.63) is 0 Å². The van der Waals surface area contributed by atoms with Gasteiger partial charge in [-0.05, 0) is 18.8 Å². The molecule has 0 saturated heterocycles. The molecule has 0 aromatic heterocycles. The zero-order valence-electron chi connectivity index (χ0n) is 5.88. The summed E-state index contributed by atoms with van der Waals surface area (Å²) in [6.07, 6.45) is 3.69. The average Bonchev–Trinajstić information content (AvgIpc) is 1.75. The molecule has 0 amide bonds. The molecule has 0 bridgehead atoms. The van der Waals surface area contributed by atoms with Crippen molar-refractivity contribution < 1.29 is 14.6 Å². The molecular formula is C7H12O3. The summed E-state index contributed by atoms with van der Waals surface area (Å²) >= 11 is 0. The predicted octanol–water partition coefficient (Wildman–Crippen LogP) is 0.888. The highest BCUT2D eigenvalue weighted by molar-refractivity contribution is 5.67. The Hall–Kier alpha value is -0.570. The Morgan fingerprint density at radius 2 is 2.30 bits per heavy atom. The van der Waals surface area contributed by atoms with Crippen LogP contribution in [0.1, 0.15) is 19.3 Å². The van der Waals surface area contributed by atoms with Gasteiger partial charge in [-0.25, -0.2) is 4.79 Å². The van der Waals surface area contributed by atoms with Crippen LogP contribution in [0.2, 0.25) is 0 Å². The minimum Gasteiger partial charge on any atom is -0.480 e. The molecular weight excluding hydrogens is 132 g/mol. The van der Waals surface area contributed by atoms with Gasteiger partial charge in [-0.2, -0.15) is 0 Å². The van der Waals surface area contributed by atoms with Crippen LogP contribution < -0.4 is 0 Å². The second kappa shape index (κ2) is 3.56. The van der Waals surface area contributed by atoms with E-state index in [1.807, 2.05) is 0 Å². The largest absolute Gasteiger partial charge is 0.480 e. The molecule has 0 aromatic rings. The van der Waals surface area contributed by atoms with E-state index in [1.165, 1.54) is 19.3 Å². The summed E-state index contributed by atoms with van der Waals surface area (Å²) in [6, 6.07) is 0. The topological polar surface area (TPSA) is 46.5 Å². The first-order chi connectivity index (χ1) is 4.79. The Bertz CT molecular complexity index is 118. The molecule has 0 heterocycles. The average molecular weight is 144 g/mol. The van der Waals surface area contributed by atoms with E-state index < -0.39 is 5.97 Å². The molecule has 0 unspecified atom stereocenters. The van der Waals surface area contributed by atoms with Gasteiger partial charge in [0.2, 0.25) is 0 Å². The molecule has 0 atom stereocenters. The number of rotatable bonds is 4. The van der Waals surface area contributed by atoms with E-state index in [2.05, 4.69) is 0 Å². The normalized spacial score (nSPS) is 18.4. The van der Waals surface area contributed by atoms with Crippen LogP contribution in [-0.4, -0.2) is 24.3 Å². The van der Waals surface area contributed by atoms with Gasteiger partial charge in [0.05, 0.1) is 6.61 Å². The summed E-state index contributed by atoms with van der Waals surface area (Å²) in [5.41, 5.74) is 0. The van der Waals surface area contributed by atoms with E-state index >= 15 is 0 Å². The van der Waals surface area contributed by atoms with Crippen LogP contribution in [0, 0.1) is 5.92 Å². The minimum atomic E-state index is -0.876. The highest BCUT2D eigenvalue weighted by Crippen LogP contribution is 2.25. The van der Waals surface area contributed by atoms with Gasteiger partial charge in [0.1, 0.15) is 6.61 Å². The van der Waals surface area contributed by atoms with Gasteiger partial charge < -0.3 is 9.84 Å². The van der Waals surface area contributed by atoms with E-state index in [0.29, 0.717) is 12.5 Å². The SMILES string of the molecule is O=C(O)COCC1CCC1. The third kappa shape index (κ3) is 2.35. The molecule has 1 saturated carbocycles. The molecule has 58 valence electrons. The van der Waals surface area contributed by atoms with Crippen molar-refractivity contribution in [1.29, 1.82) is 0 Å². The number of hydrogen-bond acceptors (Lipinski definition) is 2. The van der Waals surface area contributed by atoms with Crippen molar-refractivity contribution in [2.75, 3.05) is 13.2 Å². The summed E-state index contributed by atoms with van der Waals surface area (Å²) in [5, 5.41) is 8.19. The van der Waals surface area contributed by atoms with Crippen LogP contribution in [-0.2, 0) is 9.53 Å². The standard InChI is InChI=1S/C7H12O3/c8-7(9)5-10-4-6-2-1-3-6/h6H,1-5H2,(H,8,9). The van der Waals surface area contributed by atoms with Crippen molar-refractivity contribution >= 4 is 5.97 Å². The molecule has 0 aromatic carbocycles. The molecule has 0 radical (unpaired) electrons. The maximum Gasteiger partial charge on any atom is 0.329 e. The molecule has 1 N–H and O–H groups in total. The first kappa shape index (κ1) is 7.54. The van der Waals surface area contributed by atoms with Crippen LogP contribution >= 0.6 is 0 Å². The maximum absolute atomic E-state index is 9.96. The second-order valence-electron chi connectivity index (χ2n) is 2.71. The molecule has 3 heteroatoms. The number of hydrogen-bond donors (Lipinski definition) is 1. The number of aliphatic carboxylic acids is 1. The molecule has 10 heavy (non-hydrogen) atoms. The second-order valence-corrected chi connectivity index (χ2v) is 2.71. The van der Waals surface area contributed by atoms with E-state index in [-0.39, 0.29) is 6.61 Å². The Labute approximate surface area is 60.0 Å². The Morgan fingerprint density at radius 3 is 2.70 bits per heavy atom. The van der Waals surface area contributed by atoms with Crippen molar-refractivity contribution in [2.45, 2.75) is 19.3 Å². The summed E-state index contributed by atoms with van der Waals surface area (Å²) in [7, 11) is 0. The van der Waals surface area contributed by atoms with Gasteiger partial charge in [0.25, 0.3) is 0 Å². The van der Waals surface area contributed by atoms with Crippen LogP contribution in [0.25, 0.3) is 0 Å². The van der Waals surface area contributed by atoms with Crippen LogP contribution in [0.5, 0.6) is 0 Å². The fourth-order valence-electron chi connectivity index (χ4n) is 0.972. The van der Waals surface area contributed by atoms with Gasteiger partial charge in [0.15, 0.2) is 0 Å². The first-order valence-electron chi connectivity index (χ1n) is 3.58. The molecule has 0 spiro atoms. The smallest absolute Gasteiger partial charge is 0.329 e. The van der Waals surface area contributed by atoms with Gasteiger partial charge in [-0.3, -0.25) is 0 Å². The van der Waals surface area contributed by atoms with Gasteiger partial charge >= 0.3 is 5.97 Å². The lowest BCUT2D eigenvalue weighted by Gasteiger charge is -2.24. The number of carboxylic acids is 1. The maximum atomic E-state index is 9.96. The van der Waals surface area contributed by atoms with E-state index in [0.717, 1.165) is 0 Å². The van der Waals surface area contributed by atoms with Gasteiger partial charge in [-0.1, -0.05) is 6.42 Å². The van der Waals surface area contributed by atoms with E-state index in [9.17, 15) is 4.79 Å². The summed E-state index contributed by atoms with van der Waals surface area (Å²) < 4.78 is 4.90. The van der Waals surface area contributed by atoms with Crippen molar-refractivity contribution in [1.82, 2.24) is 0 Å². The van der Waals surface area contributed by atoms with Crippen LogP contribution in [0.15, 0.2) is 0 Å². The van der Waals surface area contributed by atoms with E-state index in [4.69, 9.17) is 9.84 Å². The lowest BCUT2D eigenvalue weighted by molar-refractivity contribution is -0.143. The molecule has 1 aliphatic carbocycles. The summed E-state index contributed by atoms with van der Waals surface area (Å²) in [5.74, 6) is -0.237. The fourth-order valence-corrected chi connectivity index (χ4v) is 0.972. The lowest BCUT2D eigenvalue weighted by Crippen LogP contribution is -2.19. The zero-order valence-corrected chi connectivity index (χ0v) is 5.88. The first-order valence-corrected chi connectivity index (χ1v) is 3.58. The minimum absolute atomic E-state index is 0.142. The molecule has 1 fully saturated rings. The molecule has 3 nitrogen and oxygen atoms in total. The molecule has 1 rings (SSSR count). The summed E-state index contributed by atoms with van der Waals surface area (Å²) in [4.78, 5) is 9.96.